The lowest BCUT2D eigenvalue weighted by atomic mass is 10.0. The Kier molecular flexibility index (Phi) is 1.87. The molecule has 0 spiro atoms. The third-order valence-corrected chi connectivity index (χ3v) is 2.24. The number of hydrogen-bond donors (Lipinski definition) is 0. The highest BCUT2D eigenvalue weighted by Crippen LogP contribution is 2.41. The van der Waals surface area contributed by atoms with E-state index in [2.05, 4.69) is 36.1 Å². The number of benzene rings is 1. The molecule has 12 heavy (non-hydrogen) atoms. The van der Waals surface area contributed by atoms with Crippen molar-refractivity contribution in [3.63, 3.8) is 0 Å². The van der Waals surface area contributed by atoms with Crippen LogP contribution < -0.4 is 0 Å². The summed E-state index contributed by atoms with van der Waals surface area (Å²) in [5, 5.41) is 0. The molecule has 0 heterocycles. The highest BCUT2D eigenvalue weighted by atomic mass is 14.3. The van der Waals surface area contributed by atoms with Crippen molar-refractivity contribution in [1.82, 2.24) is 0 Å². The first-order valence-corrected chi connectivity index (χ1v) is 4.43. The fraction of sp³-hybridized carbons (Fsp3) is 0.333. The summed E-state index contributed by atoms with van der Waals surface area (Å²) >= 11 is 0. The maximum absolute atomic E-state index is 3.15. The summed E-state index contributed by atoms with van der Waals surface area (Å²) in [5.41, 5.74) is 2.68. The van der Waals surface area contributed by atoms with Crippen molar-refractivity contribution < 1.29 is 0 Å². The lowest BCUT2D eigenvalue weighted by Crippen LogP contribution is -1.84. The van der Waals surface area contributed by atoms with Gasteiger partial charge in [-0.1, -0.05) is 24.1 Å². The van der Waals surface area contributed by atoms with Crippen LogP contribution in [0.5, 0.6) is 0 Å². The van der Waals surface area contributed by atoms with Gasteiger partial charge in [0.05, 0.1) is 0 Å². The molecule has 1 saturated carbocycles. The average Bonchev–Trinajstić information content (AvgIpc) is 2.89. The Morgan fingerprint density at radius 2 is 2.00 bits per heavy atom. The fourth-order valence-electron chi connectivity index (χ4n) is 1.50. The molecule has 1 fully saturated rings. The molecule has 0 aromatic heterocycles. The van der Waals surface area contributed by atoms with E-state index in [9.17, 15) is 0 Å². The van der Waals surface area contributed by atoms with Crippen molar-refractivity contribution in [2.75, 3.05) is 0 Å². The lowest BCUT2D eigenvalue weighted by Gasteiger charge is -2.00. The van der Waals surface area contributed by atoms with Gasteiger partial charge >= 0.3 is 0 Å². The molecule has 0 heteroatoms. The molecule has 0 saturated heterocycles. The second kappa shape index (κ2) is 3.03. The summed E-state index contributed by atoms with van der Waals surface area (Å²) in [7, 11) is 0. The van der Waals surface area contributed by atoms with E-state index < -0.39 is 0 Å². The Morgan fingerprint density at radius 3 is 2.67 bits per heavy atom. The number of rotatable bonds is 1. The molecule has 60 valence electrons. The zero-order chi connectivity index (χ0) is 8.39. The van der Waals surface area contributed by atoms with Crippen molar-refractivity contribution >= 4 is 0 Å². The topological polar surface area (TPSA) is 0 Å². The first-order chi connectivity index (χ1) is 5.92. The molecule has 0 N–H and O–H groups in total. The molecule has 2 rings (SSSR count). The van der Waals surface area contributed by atoms with E-state index in [-0.39, 0.29) is 0 Å². The minimum atomic E-state index is 0.807. The molecule has 0 amide bonds. The van der Waals surface area contributed by atoms with Crippen LogP contribution in [-0.4, -0.2) is 0 Å². The van der Waals surface area contributed by atoms with E-state index in [4.69, 9.17) is 0 Å². The lowest BCUT2D eigenvalue weighted by molar-refractivity contribution is 1.12. The summed E-state index contributed by atoms with van der Waals surface area (Å²) in [4.78, 5) is 0. The second-order valence-corrected chi connectivity index (χ2v) is 3.24. The van der Waals surface area contributed by atoms with E-state index in [1.165, 1.54) is 24.0 Å². The van der Waals surface area contributed by atoms with Gasteiger partial charge < -0.3 is 0 Å². The predicted molar refractivity (Wildman–Crippen MR) is 51.0 cm³/mol. The largest absolute Gasteiger partial charge is 0.101 e. The van der Waals surface area contributed by atoms with Gasteiger partial charge in [0.2, 0.25) is 0 Å². The van der Waals surface area contributed by atoms with Crippen molar-refractivity contribution in [3.8, 4) is 11.8 Å². The molecular formula is C12H12. The van der Waals surface area contributed by atoms with Gasteiger partial charge in [-0.15, -0.1) is 5.92 Å². The van der Waals surface area contributed by atoms with Gasteiger partial charge in [0.25, 0.3) is 0 Å². The number of hydrogen-bond acceptors (Lipinski definition) is 0. The first kappa shape index (κ1) is 7.43. The van der Waals surface area contributed by atoms with Crippen LogP contribution in [0.4, 0.5) is 0 Å². The van der Waals surface area contributed by atoms with E-state index in [0.717, 1.165) is 5.92 Å². The van der Waals surface area contributed by atoms with Gasteiger partial charge in [-0.25, -0.2) is 0 Å². The van der Waals surface area contributed by atoms with E-state index in [1.54, 1.807) is 0 Å². The quantitative estimate of drug-likeness (QED) is 0.548. The minimum absolute atomic E-state index is 0.807. The third kappa shape index (κ3) is 1.36. The highest BCUT2D eigenvalue weighted by molar-refractivity contribution is 5.44. The normalized spacial score (nSPS) is 15.1. The first-order valence-electron chi connectivity index (χ1n) is 4.43. The van der Waals surface area contributed by atoms with Crippen LogP contribution in [0.2, 0.25) is 0 Å². The van der Waals surface area contributed by atoms with Gasteiger partial charge in [0.15, 0.2) is 0 Å². The van der Waals surface area contributed by atoms with Gasteiger partial charge in [0, 0.05) is 5.56 Å². The smallest absolute Gasteiger partial charge is 0.0279 e. The van der Waals surface area contributed by atoms with Crippen LogP contribution >= 0.6 is 0 Å². The van der Waals surface area contributed by atoms with Crippen LogP contribution in [0, 0.1) is 11.8 Å². The Bertz CT molecular complexity index is 335. The van der Waals surface area contributed by atoms with Crippen LogP contribution in [0.25, 0.3) is 0 Å². The average molecular weight is 156 g/mol. The standard InChI is InChI=1S/C12H12/c1-2-5-10-6-3-4-7-12(10)11-8-9-11/h3-4,6-7,11H,8-9H2,1H3. The summed E-state index contributed by atoms with van der Waals surface area (Å²) in [6.07, 6.45) is 2.70. The molecule has 0 radical (unpaired) electrons. The van der Waals surface area contributed by atoms with Gasteiger partial charge in [-0.2, -0.15) is 0 Å². The molecule has 0 nitrogen and oxygen atoms in total. The maximum Gasteiger partial charge on any atom is 0.0279 e. The summed E-state index contributed by atoms with van der Waals surface area (Å²) in [6, 6.07) is 8.49. The molecular weight excluding hydrogens is 144 g/mol. The third-order valence-electron chi connectivity index (χ3n) is 2.24. The van der Waals surface area contributed by atoms with Gasteiger partial charge in [0.1, 0.15) is 0 Å². The Balaban J connectivity index is 2.41. The van der Waals surface area contributed by atoms with Crippen LogP contribution in [0.3, 0.4) is 0 Å². The van der Waals surface area contributed by atoms with Gasteiger partial charge in [-0.05, 0) is 37.3 Å². The second-order valence-electron chi connectivity index (χ2n) is 3.24. The highest BCUT2D eigenvalue weighted by Gasteiger charge is 2.24. The summed E-state index contributed by atoms with van der Waals surface area (Å²) < 4.78 is 0. The summed E-state index contributed by atoms with van der Waals surface area (Å²) in [5.74, 6) is 6.91. The molecule has 1 aliphatic carbocycles. The monoisotopic (exact) mass is 156 g/mol. The zero-order valence-corrected chi connectivity index (χ0v) is 7.30. The molecule has 0 atom stereocenters. The maximum atomic E-state index is 3.15. The molecule has 1 aromatic rings. The van der Waals surface area contributed by atoms with E-state index in [1.807, 2.05) is 6.92 Å². The van der Waals surface area contributed by atoms with Crippen LogP contribution in [-0.2, 0) is 0 Å². The zero-order valence-electron chi connectivity index (χ0n) is 7.30. The molecule has 1 aromatic carbocycles. The van der Waals surface area contributed by atoms with Crippen molar-refractivity contribution in [3.05, 3.63) is 35.4 Å². The van der Waals surface area contributed by atoms with Crippen LogP contribution in [0.15, 0.2) is 24.3 Å². The van der Waals surface area contributed by atoms with E-state index in [0.29, 0.717) is 0 Å². The minimum Gasteiger partial charge on any atom is -0.101 e. The SMILES string of the molecule is CC#Cc1ccccc1C1CC1. The van der Waals surface area contributed by atoms with Crippen LogP contribution in [0.1, 0.15) is 36.8 Å². The Labute approximate surface area is 73.6 Å². The Hall–Kier alpha value is -1.22. The summed E-state index contributed by atoms with van der Waals surface area (Å²) in [6.45, 7) is 1.89. The molecule has 1 aliphatic rings. The molecule has 0 unspecified atom stereocenters. The van der Waals surface area contributed by atoms with Gasteiger partial charge in [-0.3, -0.25) is 0 Å². The van der Waals surface area contributed by atoms with Crippen molar-refractivity contribution in [2.24, 2.45) is 0 Å². The Morgan fingerprint density at radius 1 is 1.25 bits per heavy atom. The molecule has 0 bridgehead atoms. The predicted octanol–water partition coefficient (Wildman–Crippen LogP) is 2.94. The van der Waals surface area contributed by atoms with Crippen molar-refractivity contribution in [2.45, 2.75) is 25.7 Å². The van der Waals surface area contributed by atoms with E-state index >= 15 is 0 Å². The molecule has 0 aliphatic heterocycles. The fourth-order valence-corrected chi connectivity index (χ4v) is 1.50. The van der Waals surface area contributed by atoms with Crippen molar-refractivity contribution in [1.29, 1.82) is 0 Å².